The number of nitrogens with one attached hydrogen (secondary N) is 1. The molecule has 6 heteroatoms. The number of hydrogen-bond donors (Lipinski definition) is 1. The van der Waals surface area contributed by atoms with Crippen LogP contribution < -0.4 is 5.32 Å². The molecule has 0 aliphatic carbocycles. The van der Waals surface area contributed by atoms with Crippen molar-refractivity contribution in [2.24, 2.45) is 0 Å². The second kappa shape index (κ2) is 10.2. The topological polar surface area (TPSA) is 48.5 Å². The molecule has 1 saturated heterocycles. The second-order valence-electron chi connectivity index (χ2n) is 8.12. The first-order valence-electron chi connectivity index (χ1n) is 10.8. The van der Waals surface area contributed by atoms with E-state index in [9.17, 15) is 4.79 Å². The lowest BCUT2D eigenvalue weighted by Crippen LogP contribution is -2.50. The highest BCUT2D eigenvalue weighted by atomic mass is 32.1. The summed E-state index contributed by atoms with van der Waals surface area (Å²) in [5.41, 5.74) is 2.41. The Kier molecular flexibility index (Phi) is 7.10. The minimum absolute atomic E-state index is 0.134. The van der Waals surface area contributed by atoms with Crippen LogP contribution in [-0.4, -0.2) is 59.5 Å². The van der Waals surface area contributed by atoms with E-state index in [1.54, 1.807) is 11.3 Å². The maximum atomic E-state index is 12.4. The lowest BCUT2D eigenvalue weighted by Gasteiger charge is -2.34. The van der Waals surface area contributed by atoms with Gasteiger partial charge in [-0.05, 0) is 37.5 Å². The number of rotatable bonds is 8. The number of aromatic nitrogens is 1. The maximum Gasteiger partial charge on any atom is 0.234 e. The molecule has 1 amide bonds. The van der Waals surface area contributed by atoms with Gasteiger partial charge in [0.05, 0.1) is 23.3 Å². The zero-order valence-electron chi connectivity index (χ0n) is 17.6. The van der Waals surface area contributed by atoms with Gasteiger partial charge in [-0.3, -0.25) is 14.6 Å². The van der Waals surface area contributed by atoms with Crippen LogP contribution in [0.4, 0.5) is 0 Å². The first-order valence-corrected chi connectivity index (χ1v) is 11.6. The van der Waals surface area contributed by atoms with Crippen LogP contribution >= 0.6 is 11.3 Å². The largest absolute Gasteiger partial charge is 0.353 e. The lowest BCUT2D eigenvalue weighted by atomic mass is 10.1. The molecule has 4 rings (SSSR count). The number of nitrogens with zero attached hydrogens (tertiary/aromatic N) is 3. The van der Waals surface area contributed by atoms with Gasteiger partial charge in [-0.15, -0.1) is 11.3 Å². The number of amides is 1. The number of carbonyl (C=O) groups excluding carboxylic acids is 1. The summed E-state index contributed by atoms with van der Waals surface area (Å²) in [5, 5.41) is 4.34. The molecular formula is C24H30N4OS. The Morgan fingerprint density at radius 3 is 2.50 bits per heavy atom. The van der Waals surface area contributed by atoms with Crippen molar-refractivity contribution in [1.29, 1.82) is 0 Å². The van der Waals surface area contributed by atoms with E-state index in [-0.39, 0.29) is 11.9 Å². The van der Waals surface area contributed by atoms with E-state index in [0.717, 1.165) is 51.1 Å². The molecule has 5 nitrogen and oxygen atoms in total. The van der Waals surface area contributed by atoms with Crippen molar-refractivity contribution < 1.29 is 4.79 Å². The van der Waals surface area contributed by atoms with Crippen LogP contribution in [-0.2, 0) is 17.8 Å². The molecule has 3 aromatic rings. The van der Waals surface area contributed by atoms with Crippen LogP contribution in [0.1, 0.15) is 23.9 Å². The average molecular weight is 423 g/mol. The van der Waals surface area contributed by atoms with Gasteiger partial charge >= 0.3 is 0 Å². The third kappa shape index (κ3) is 5.88. The number of aryl methyl sites for hydroxylation is 1. The molecule has 1 unspecified atom stereocenters. The molecule has 1 aliphatic heterocycles. The van der Waals surface area contributed by atoms with Crippen molar-refractivity contribution >= 4 is 27.5 Å². The van der Waals surface area contributed by atoms with Gasteiger partial charge in [-0.2, -0.15) is 0 Å². The van der Waals surface area contributed by atoms with Crippen molar-refractivity contribution in [2.75, 3.05) is 32.7 Å². The summed E-state index contributed by atoms with van der Waals surface area (Å²) in [4.78, 5) is 21.9. The Hall–Kier alpha value is -2.28. The van der Waals surface area contributed by atoms with Crippen LogP contribution in [0.3, 0.4) is 0 Å². The number of carbonyl (C=O) groups is 1. The highest BCUT2D eigenvalue weighted by Gasteiger charge is 2.20. The normalized spacial score (nSPS) is 16.6. The van der Waals surface area contributed by atoms with E-state index in [4.69, 9.17) is 4.98 Å². The third-order valence-electron chi connectivity index (χ3n) is 5.65. The average Bonchev–Trinajstić information content (AvgIpc) is 3.17. The quantitative estimate of drug-likeness (QED) is 0.603. The molecule has 2 aromatic carbocycles. The Morgan fingerprint density at radius 1 is 1.03 bits per heavy atom. The fourth-order valence-corrected chi connectivity index (χ4v) is 4.92. The summed E-state index contributed by atoms with van der Waals surface area (Å²) in [5.74, 6) is 0.134. The minimum atomic E-state index is 0.134. The molecule has 2 heterocycles. The van der Waals surface area contributed by atoms with Crippen molar-refractivity contribution in [3.05, 3.63) is 65.2 Å². The number of piperazine rings is 1. The molecule has 1 aliphatic rings. The predicted molar refractivity (Wildman–Crippen MR) is 124 cm³/mol. The van der Waals surface area contributed by atoms with E-state index in [1.165, 1.54) is 15.3 Å². The van der Waals surface area contributed by atoms with Crippen LogP contribution in [0.25, 0.3) is 10.2 Å². The van der Waals surface area contributed by atoms with E-state index >= 15 is 0 Å². The zero-order chi connectivity index (χ0) is 20.8. The number of thiazole rings is 1. The van der Waals surface area contributed by atoms with Gasteiger partial charge < -0.3 is 5.32 Å². The Labute approximate surface area is 182 Å². The van der Waals surface area contributed by atoms with Crippen LogP contribution in [0.2, 0.25) is 0 Å². The summed E-state index contributed by atoms with van der Waals surface area (Å²) >= 11 is 1.78. The molecule has 1 fully saturated rings. The van der Waals surface area contributed by atoms with Crippen LogP contribution in [0.5, 0.6) is 0 Å². The van der Waals surface area contributed by atoms with Crippen molar-refractivity contribution in [2.45, 2.75) is 32.4 Å². The fourth-order valence-electron chi connectivity index (χ4n) is 3.91. The summed E-state index contributed by atoms with van der Waals surface area (Å²) in [6.07, 6.45) is 1.96. The smallest absolute Gasteiger partial charge is 0.234 e. The van der Waals surface area contributed by atoms with Gasteiger partial charge in [0.1, 0.15) is 5.01 Å². The van der Waals surface area contributed by atoms with E-state index in [0.29, 0.717) is 6.54 Å². The number of hydrogen-bond acceptors (Lipinski definition) is 5. The second-order valence-corrected chi connectivity index (χ2v) is 9.24. The molecule has 0 saturated carbocycles. The molecule has 0 bridgehead atoms. The predicted octanol–water partition coefficient (Wildman–Crippen LogP) is 3.55. The van der Waals surface area contributed by atoms with Crippen LogP contribution in [0, 0.1) is 0 Å². The van der Waals surface area contributed by atoms with Crippen molar-refractivity contribution in [1.82, 2.24) is 20.1 Å². The summed E-state index contributed by atoms with van der Waals surface area (Å²) in [7, 11) is 0. The summed E-state index contributed by atoms with van der Waals surface area (Å²) in [6.45, 7) is 7.30. The summed E-state index contributed by atoms with van der Waals surface area (Å²) in [6, 6.07) is 19.0. The molecule has 158 valence electrons. The lowest BCUT2D eigenvalue weighted by molar-refractivity contribution is -0.123. The van der Waals surface area contributed by atoms with Crippen LogP contribution in [0.15, 0.2) is 54.6 Å². The number of para-hydroxylation sites is 1. The van der Waals surface area contributed by atoms with Gasteiger partial charge in [0.15, 0.2) is 0 Å². The highest BCUT2D eigenvalue weighted by Crippen LogP contribution is 2.23. The van der Waals surface area contributed by atoms with Gasteiger partial charge in [0.2, 0.25) is 5.91 Å². The maximum absolute atomic E-state index is 12.4. The highest BCUT2D eigenvalue weighted by molar-refractivity contribution is 7.18. The summed E-state index contributed by atoms with van der Waals surface area (Å²) < 4.78 is 1.25. The van der Waals surface area contributed by atoms with Gasteiger partial charge in [0, 0.05) is 32.2 Å². The first kappa shape index (κ1) is 21.0. The first-order chi connectivity index (χ1) is 14.7. The molecule has 0 radical (unpaired) electrons. The molecular weight excluding hydrogens is 392 g/mol. The van der Waals surface area contributed by atoms with Gasteiger partial charge in [-0.1, -0.05) is 42.5 Å². The zero-order valence-corrected chi connectivity index (χ0v) is 18.4. The molecule has 30 heavy (non-hydrogen) atoms. The number of benzene rings is 2. The molecule has 0 spiro atoms. The van der Waals surface area contributed by atoms with Crippen molar-refractivity contribution in [3.8, 4) is 0 Å². The van der Waals surface area contributed by atoms with E-state index < -0.39 is 0 Å². The standard InChI is InChI=1S/C24H30N4OS/c1-19(11-12-20-7-3-2-4-8-20)25-23(29)17-27-13-15-28(16-14-27)18-24-26-21-9-5-6-10-22(21)30-24/h2-10,19H,11-18H2,1H3,(H,25,29). The van der Waals surface area contributed by atoms with E-state index in [2.05, 4.69) is 64.5 Å². The van der Waals surface area contributed by atoms with Crippen molar-refractivity contribution in [3.63, 3.8) is 0 Å². The number of fused-ring (bicyclic) bond motifs is 1. The van der Waals surface area contributed by atoms with Gasteiger partial charge in [0.25, 0.3) is 0 Å². The Morgan fingerprint density at radius 2 is 1.73 bits per heavy atom. The van der Waals surface area contributed by atoms with E-state index in [1.807, 2.05) is 12.1 Å². The molecule has 1 aromatic heterocycles. The molecule has 1 N–H and O–H groups in total. The minimum Gasteiger partial charge on any atom is -0.353 e. The monoisotopic (exact) mass is 422 g/mol. The third-order valence-corrected chi connectivity index (χ3v) is 6.67. The Bertz CT molecular complexity index is 917. The fraction of sp³-hybridized carbons (Fsp3) is 0.417. The SMILES string of the molecule is CC(CCc1ccccc1)NC(=O)CN1CCN(Cc2nc3ccccc3s2)CC1. The molecule has 1 atom stereocenters. The van der Waals surface area contributed by atoms with Gasteiger partial charge in [-0.25, -0.2) is 4.98 Å². The Balaban J connectivity index is 1.16.